The van der Waals surface area contributed by atoms with Gasteiger partial charge in [0.1, 0.15) is 11.6 Å². The lowest BCUT2D eigenvalue weighted by Gasteiger charge is -2.27. The number of nitrogen functional groups attached to an aromatic ring is 1. The van der Waals surface area contributed by atoms with Crippen LogP contribution in [0.4, 0.5) is 11.4 Å². The molecule has 1 aromatic rings. The van der Waals surface area contributed by atoms with Crippen LogP contribution in [0.2, 0.25) is 0 Å². The fourth-order valence-corrected chi connectivity index (χ4v) is 2.95. The topological polar surface area (TPSA) is 59.6 Å². The summed E-state index contributed by atoms with van der Waals surface area (Å²) in [4.78, 5) is 4.91. The molecule has 0 aromatic heterocycles. The van der Waals surface area contributed by atoms with Crippen molar-refractivity contribution in [3.05, 3.63) is 18.2 Å². The molecular formula is C16H23N3O. The number of hydrogen-bond acceptors (Lipinski definition) is 3. The Morgan fingerprint density at radius 2 is 1.95 bits per heavy atom. The zero-order valence-corrected chi connectivity index (χ0v) is 12.1. The first-order chi connectivity index (χ1) is 9.72. The maximum absolute atomic E-state index is 5.92. The largest absolute Gasteiger partial charge is 0.481 e. The average Bonchev–Trinajstić information content (AvgIpc) is 2.68. The number of ether oxygens (including phenoxy) is 1. The highest BCUT2D eigenvalue weighted by molar-refractivity contribution is 6.01. The Balaban J connectivity index is 1.79. The van der Waals surface area contributed by atoms with E-state index < -0.39 is 0 Å². The van der Waals surface area contributed by atoms with Crippen molar-refractivity contribution >= 4 is 17.2 Å². The highest BCUT2D eigenvalue weighted by atomic mass is 16.5. The minimum atomic E-state index is -0.0347. The molecule has 2 aliphatic rings. The minimum absolute atomic E-state index is 0.0347. The second kappa shape index (κ2) is 5.73. The molecule has 0 amide bonds. The number of benzene rings is 1. The first-order valence-electron chi connectivity index (χ1n) is 7.63. The molecule has 0 radical (unpaired) electrons. The summed E-state index contributed by atoms with van der Waals surface area (Å²) in [6.45, 7) is 2.04. The Labute approximate surface area is 120 Å². The molecule has 1 heterocycles. The second-order valence-electron chi connectivity index (χ2n) is 5.80. The maximum Gasteiger partial charge on any atom is 0.153 e. The fraction of sp³-hybridized carbons (Fsp3) is 0.562. The molecule has 20 heavy (non-hydrogen) atoms. The third-order valence-corrected chi connectivity index (χ3v) is 4.10. The number of anilines is 2. The molecular weight excluding hydrogens is 250 g/mol. The highest BCUT2D eigenvalue weighted by Crippen LogP contribution is 2.32. The lowest BCUT2D eigenvalue weighted by Crippen LogP contribution is -2.36. The standard InChI is InChI=1S/C16H23N3O/c1-11-16(18-13-6-4-2-3-5-7-13)19-14-9-8-12(17)10-15(14)20-11/h8-11,13H,2-7,17H2,1H3,(H,18,19). The molecule has 1 unspecified atom stereocenters. The molecule has 0 spiro atoms. The van der Waals surface area contributed by atoms with Gasteiger partial charge in [0.05, 0.1) is 11.7 Å². The van der Waals surface area contributed by atoms with Gasteiger partial charge in [-0.1, -0.05) is 25.7 Å². The van der Waals surface area contributed by atoms with Crippen LogP contribution in [-0.2, 0) is 0 Å². The predicted molar refractivity (Wildman–Crippen MR) is 83.5 cm³/mol. The van der Waals surface area contributed by atoms with Gasteiger partial charge in [-0.15, -0.1) is 0 Å². The molecule has 1 aliphatic heterocycles. The Hall–Kier alpha value is -1.71. The highest BCUT2D eigenvalue weighted by Gasteiger charge is 2.23. The number of hydrogen-bond donors (Lipinski definition) is 2. The van der Waals surface area contributed by atoms with Crippen molar-refractivity contribution in [1.29, 1.82) is 0 Å². The first-order valence-corrected chi connectivity index (χ1v) is 7.63. The fourth-order valence-electron chi connectivity index (χ4n) is 2.95. The van der Waals surface area contributed by atoms with E-state index in [0.29, 0.717) is 6.04 Å². The molecule has 108 valence electrons. The van der Waals surface area contributed by atoms with E-state index in [1.807, 2.05) is 25.1 Å². The van der Waals surface area contributed by atoms with Crippen LogP contribution in [0.3, 0.4) is 0 Å². The number of fused-ring (bicyclic) bond motifs is 1. The van der Waals surface area contributed by atoms with Crippen LogP contribution in [0.1, 0.15) is 45.4 Å². The Bertz CT molecular complexity index is 504. The van der Waals surface area contributed by atoms with Gasteiger partial charge in [0, 0.05) is 11.8 Å². The molecule has 1 saturated carbocycles. The number of nitrogens with one attached hydrogen (secondary N) is 1. The Kier molecular flexibility index (Phi) is 3.81. The van der Waals surface area contributed by atoms with Gasteiger partial charge in [-0.25, -0.2) is 0 Å². The maximum atomic E-state index is 5.92. The number of nitrogens with zero attached hydrogens (tertiary/aromatic N) is 1. The number of rotatable bonds is 1. The zero-order valence-electron chi connectivity index (χ0n) is 12.1. The van der Waals surface area contributed by atoms with Crippen LogP contribution in [0.5, 0.6) is 5.75 Å². The van der Waals surface area contributed by atoms with Gasteiger partial charge in [0.15, 0.2) is 6.10 Å². The van der Waals surface area contributed by atoms with E-state index in [-0.39, 0.29) is 6.10 Å². The van der Waals surface area contributed by atoms with Crippen LogP contribution in [0.25, 0.3) is 0 Å². The summed E-state index contributed by atoms with van der Waals surface area (Å²) in [6, 6.07) is 6.15. The van der Waals surface area contributed by atoms with Gasteiger partial charge >= 0.3 is 0 Å². The van der Waals surface area contributed by atoms with Gasteiger partial charge < -0.3 is 15.8 Å². The smallest absolute Gasteiger partial charge is 0.153 e. The van der Waals surface area contributed by atoms with Crippen molar-refractivity contribution in [3.8, 4) is 5.75 Å². The van der Waals surface area contributed by atoms with Crippen molar-refractivity contribution in [3.63, 3.8) is 0 Å². The number of amidine groups is 1. The first kappa shape index (κ1) is 13.3. The normalized spacial score (nSPS) is 25.4. The quantitative estimate of drug-likeness (QED) is 0.607. The molecule has 3 N–H and O–H groups in total. The molecule has 3 rings (SSSR count). The lowest BCUT2D eigenvalue weighted by molar-refractivity contribution is 0.281. The molecule has 0 bridgehead atoms. The molecule has 1 atom stereocenters. The zero-order chi connectivity index (χ0) is 13.9. The third-order valence-electron chi connectivity index (χ3n) is 4.10. The average molecular weight is 273 g/mol. The van der Waals surface area contributed by atoms with E-state index in [4.69, 9.17) is 15.5 Å². The van der Waals surface area contributed by atoms with E-state index in [1.54, 1.807) is 0 Å². The summed E-state index contributed by atoms with van der Waals surface area (Å²) in [5.41, 5.74) is 7.48. The van der Waals surface area contributed by atoms with E-state index in [1.165, 1.54) is 38.5 Å². The van der Waals surface area contributed by atoms with Gasteiger partial charge in [0.25, 0.3) is 0 Å². The van der Waals surface area contributed by atoms with Crippen LogP contribution in [-0.4, -0.2) is 18.0 Å². The molecule has 0 saturated heterocycles. The van der Waals surface area contributed by atoms with Crippen molar-refractivity contribution in [2.45, 2.75) is 57.6 Å². The summed E-state index contributed by atoms with van der Waals surface area (Å²) in [6.07, 6.45) is 7.66. The summed E-state index contributed by atoms with van der Waals surface area (Å²) in [5.74, 6) is 1.77. The predicted octanol–water partition coefficient (Wildman–Crippen LogP) is 3.58. The van der Waals surface area contributed by atoms with Crippen molar-refractivity contribution < 1.29 is 4.74 Å². The summed E-state index contributed by atoms with van der Waals surface area (Å²) >= 11 is 0. The summed E-state index contributed by atoms with van der Waals surface area (Å²) < 4.78 is 5.92. The molecule has 1 aliphatic carbocycles. The van der Waals surface area contributed by atoms with Crippen LogP contribution >= 0.6 is 0 Å². The summed E-state index contributed by atoms with van der Waals surface area (Å²) in [7, 11) is 0. The van der Waals surface area contributed by atoms with Gasteiger partial charge in [0.2, 0.25) is 0 Å². The number of aliphatic imine (C=N–C) groups is 1. The van der Waals surface area contributed by atoms with Crippen LogP contribution in [0, 0.1) is 0 Å². The molecule has 1 aromatic carbocycles. The van der Waals surface area contributed by atoms with E-state index >= 15 is 0 Å². The van der Waals surface area contributed by atoms with Gasteiger partial charge in [-0.3, -0.25) is 4.99 Å². The summed E-state index contributed by atoms with van der Waals surface area (Å²) in [5, 5.41) is 3.41. The molecule has 4 nitrogen and oxygen atoms in total. The van der Waals surface area contributed by atoms with Crippen LogP contribution < -0.4 is 15.8 Å². The van der Waals surface area contributed by atoms with E-state index in [2.05, 4.69) is 5.32 Å². The SMILES string of the molecule is CC1Oc2cc(N)ccc2NC1=NC1CCCCCC1. The Morgan fingerprint density at radius 3 is 2.70 bits per heavy atom. The monoisotopic (exact) mass is 273 g/mol. The van der Waals surface area contributed by atoms with Crippen molar-refractivity contribution in [2.24, 2.45) is 4.99 Å². The van der Waals surface area contributed by atoms with Crippen molar-refractivity contribution in [2.75, 3.05) is 11.1 Å². The van der Waals surface area contributed by atoms with Crippen molar-refractivity contribution in [1.82, 2.24) is 0 Å². The molecule has 1 fully saturated rings. The lowest BCUT2D eigenvalue weighted by atomic mass is 10.1. The minimum Gasteiger partial charge on any atom is -0.481 e. The second-order valence-corrected chi connectivity index (χ2v) is 5.80. The van der Waals surface area contributed by atoms with E-state index in [0.717, 1.165) is 23.0 Å². The van der Waals surface area contributed by atoms with E-state index in [9.17, 15) is 0 Å². The third kappa shape index (κ3) is 2.89. The number of nitrogens with two attached hydrogens (primary N) is 1. The molecule has 4 heteroatoms. The van der Waals surface area contributed by atoms with Gasteiger partial charge in [-0.05, 0) is 31.9 Å². The van der Waals surface area contributed by atoms with Gasteiger partial charge in [-0.2, -0.15) is 0 Å². The van der Waals surface area contributed by atoms with Crippen LogP contribution in [0.15, 0.2) is 23.2 Å². The Morgan fingerprint density at radius 1 is 1.20 bits per heavy atom.